The molecule has 0 amide bonds. The van der Waals surface area contributed by atoms with Crippen molar-refractivity contribution >= 4 is 11.9 Å². The Morgan fingerprint density at radius 1 is 0.848 bits per heavy atom. The lowest BCUT2D eigenvalue weighted by atomic mass is 9.43. The Hall–Kier alpha value is 0.310. The summed E-state index contributed by atoms with van der Waals surface area (Å²) in [4.78, 5) is 0. The minimum atomic E-state index is 0.617. The quantitative estimate of drug-likeness (QED) is 0.392. The molecule has 0 aromatic heterocycles. The van der Waals surface area contributed by atoms with Gasteiger partial charge in [-0.1, -0.05) is 107 Å². The SMILES string of the molecule is CC.CC.CC.CCC[C@@H](C)[C@H]1CCC2C3C(CCC21C)C1(C)CCCCC1C[C@H]3NSC. The maximum Gasteiger partial charge on any atom is 0.0208 e. The third-order valence-electron chi connectivity index (χ3n) is 10.4. The van der Waals surface area contributed by atoms with Crippen molar-refractivity contribution in [3.05, 3.63) is 0 Å². The highest BCUT2D eigenvalue weighted by Gasteiger charge is 2.62. The van der Waals surface area contributed by atoms with E-state index in [4.69, 9.17) is 0 Å². The molecular weight excluding hydrogens is 418 g/mol. The Labute approximate surface area is 214 Å². The van der Waals surface area contributed by atoms with Crippen LogP contribution in [-0.4, -0.2) is 12.3 Å². The summed E-state index contributed by atoms with van der Waals surface area (Å²) in [5.74, 6) is 5.79. The van der Waals surface area contributed by atoms with Gasteiger partial charge in [0.2, 0.25) is 0 Å². The molecule has 0 saturated heterocycles. The first-order valence-electron chi connectivity index (χ1n) is 15.2. The summed E-state index contributed by atoms with van der Waals surface area (Å²) < 4.78 is 3.95. The summed E-state index contributed by atoms with van der Waals surface area (Å²) in [6.07, 6.45) is 18.6. The zero-order valence-electron chi connectivity index (χ0n) is 24.7. The lowest BCUT2D eigenvalue weighted by Crippen LogP contribution is -2.60. The Bertz CT molecular complexity index is 521. The molecule has 0 aromatic rings. The van der Waals surface area contributed by atoms with E-state index >= 15 is 0 Å². The average molecular weight is 482 g/mol. The molecule has 4 aliphatic carbocycles. The topological polar surface area (TPSA) is 12.0 Å². The van der Waals surface area contributed by atoms with Crippen LogP contribution in [0.5, 0.6) is 0 Å². The summed E-state index contributed by atoms with van der Waals surface area (Å²) in [7, 11) is 0. The van der Waals surface area contributed by atoms with E-state index in [1.165, 1.54) is 70.6 Å². The second-order valence-electron chi connectivity index (χ2n) is 11.4. The van der Waals surface area contributed by atoms with Gasteiger partial charge in [-0.15, -0.1) is 0 Å². The molecule has 6 unspecified atom stereocenters. The number of rotatable bonds is 5. The smallest absolute Gasteiger partial charge is 0.0208 e. The molecule has 0 aromatic carbocycles. The molecule has 33 heavy (non-hydrogen) atoms. The van der Waals surface area contributed by atoms with Crippen LogP contribution < -0.4 is 4.72 Å². The zero-order valence-corrected chi connectivity index (χ0v) is 25.5. The van der Waals surface area contributed by atoms with Crippen LogP contribution in [0.3, 0.4) is 0 Å². The second kappa shape index (κ2) is 14.8. The van der Waals surface area contributed by atoms with Crippen LogP contribution in [0.25, 0.3) is 0 Å². The molecule has 0 bridgehead atoms. The molecule has 4 rings (SSSR count). The number of nitrogens with one attached hydrogen (secondary N) is 1. The van der Waals surface area contributed by atoms with Crippen molar-refractivity contribution in [3.63, 3.8) is 0 Å². The minimum absolute atomic E-state index is 0.617. The fourth-order valence-corrected chi connectivity index (χ4v) is 9.76. The maximum atomic E-state index is 3.95. The second-order valence-corrected chi connectivity index (χ2v) is 12.0. The standard InChI is InChI=1S/C25H45NS.3C2H6/c1-6-9-17(2)19-11-12-20-23-21(13-15-25(19,20)4)24(3)14-8-7-10-18(24)16-22(23)26-27-5;3*1-2/h17-23,26H,6-16H2,1-5H3;3*1-2H3/t17-,18?,19-,20?,21?,22-,23?,24?,25?;;;/m1.../s1. The van der Waals surface area contributed by atoms with Crippen LogP contribution in [0.15, 0.2) is 0 Å². The van der Waals surface area contributed by atoms with E-state index in [1.807, 2.05) is 53.5 Å². The Kier molecular flexibility index (Phi) is 14.0. The lowest BCUT2D eigenvalue weighted by Gasteiger charge is -2.63. The molecule has 9 atom stereocenters. The molecule has 2 heteroatoms. The number of fused-ring (bicyclic) bond motifs is 5. The minimum Gasteiger partial charge on any atom is -0.261 e. The average Bonchev–Trinajstić information content (AvgIpc) is 3.21. The highest BCUT2D eigenvalue weighted by atomic mass is 32.2. The summed E-state index contributed by atoms with van der Waals surface area (Å²) in [6, 6.07) is 0.769. The largest absolute Gasteiger partial charge is 0.261 e. The van der Waals surface area contributed by atoms with Gasteiger partial charge in [-0.05, 0) is 97.5 Å². The predicted molar refractivity (Wildman–Crippen MR) is 154 cm³/mol. The fourth-order valence-electron chi connectivity index (χ4n) is 9.20. The van der Waals surface area contributed by atoms with Gasteiger partial charge < -0.3 is 0 Å². The fraction of sp³-hybridized carbons (Fsp3) is 1.00. The molecule has 198 valence electrons. The monoisotopic (exact) mass is 481 g/mol. The molecule has 1 nitrogen and oxygen atoms in total. The molecule has 0 heterocycles. The van der Waals surface area contributed by atoms with E-state index in [9.17, 15) is 0 Å². The van der Waals surface area contributed by atoms with Crippen LogP contribution in [-0.2, 0) is 0 Å². The van der Waals surface area contributed by atoms with Crippen molar-refractivity contribution in [2.75, 3.05) is 6.26 Å². The first-order valence-corrected chi connectivity index (χ1v) is 16.5. The van der Waals surface area contributed by atoms with Crippen molar-refractivity contribution in [1.82, 2.24) is 4.72 Å². The van der Waals surface area contributed by atoms with Crippen molar-refractivity contribution in [2.45, 2.75) is 146 Å². The first kappa shape index (κ1) is 31.3. The molecular formula is C31H63NS. The van der Waals surface area contributed by atoms with E-state index in [2.05, 4.69) is 38.7 Å². The Morgan fingerprint density at radius 3 is 2.09 bits per heavy atom. The zero-order chi connectivity index (χ0) is 25.2. The van der Waals surface area contributed by atoms with E-state index in [0.717, 1.165) is 41.5 Å². The third-order valence-corrected chi connectivity index (χ3v) is 10.9. The highest BCUT2D eigenvalue weighted by Crippen LogP contribution is 2.68. The van der Waals surface area contributed by atoms with Crippen molar-refractivity contribution in [1.29, 1.82) is 0 Å². The van der Waals surface area contributed by atoms with E-state index in [0.29, 0.717) is 10.8 Å². The Morgan fingerprint density at radius 2 is 1.48 bits per heavy atom. The molecule has 4 fully saturated rings. The number of hydrogen-bond donors (Lipinski definition) is 1. The summed E-state index contributed by atoms with van der Waals surface area (Å²) in [5, 5.41) is 0. The van der Waals surface area contributed by atoms with Crippen LogP contribution in [0, 0.1) is 46.3 Å². The van der Waals surface area contributed by atoms with E-state index in [1.54, 1.807) is 0 Å². The normalized spacial score (nSPS) is 41.9. The molecule has 1 N–H and O–H groups in total. The maximum absolute atomic E-state index is 3.95. The van der Waals surface area contributed by atoms with Crippen LogP contribution >= 0.6 is 11.9 Å². The third kappa shape index (κ3) is 6.18. The van der Waals surface area contributed by atoms with E-state index in [-0.39, 0.29) is 0 Å². The van der Waals surface area contributed by atoms with Crippen LogP contribution in [0.4, 0.5) is 0 Å². The molecule has 0 spiro atoms. The Balaban J connectivity index is 0.000000841. The van der Waals surface area contributed by atoms with Crippen molar-refractivity contribution in [3.8, 4) is 0 Å². The lowest BCUT2D eigenvalue weighted by molar-refractivity contribution is -0.125. The van der Waals surface area contributed by atoms with Gasteiger partial charge in [0, 0.05) is 6.04 Å². The molecule has 4 saturated carbocycles. The van der Waals surface area contributed by atoms with Crippen LogP contribution in [0.1, 0.15) is 140 Å². The van der Waals surface area contributed by atoms with Crippen molar-refractivity contribution < 1.29 is 0 Å². The summed E-state index contributed by atoms with van der Waals surface area (Å²) in [6.45, 7) is 22.4. The number of hydrogen-bond acceptors (Lipinski definition) is 2. The summed E-state index contributed by atoms with van der Waals surface area (Å²) >= 11 is 1.90. The van der Waals surface area contributed by atoms with Gasteiger partial charge in [0.1, 0.15) is 0 Å². The van der Waals surface area contributed by atoms with Gasteiger partial charge in [-0.3, -0.25) is 4.72 Å². The molecule has 4 aliphatic rings. The first-order chi connectivity index (χ1) is 16.0. The molecule has 0 aliphatic heterocycles. The van der Waals surface area contributed by atoms with Gasteiger partial charge in [0.15, 0.2) is 0 Å². The van der Waals surface area contributed by atoms with Gasteiger partial charge in [0.25, 0.3) is 0 Å². The molecule has 0 radical (unpaired) electrons. The van der Waals surface area contributed by atoms with Gasteiger partial charge in [0.05, 0.1) is 0 Å². The van der Waals surface area contributed by atoms with Crippen LogP contribution in [0.2, 0.25) is 0 Å². The predicted octanol–water partition coefficient (Wildman–Crippen LogP) is 10.4. The summed E-state index contributed by atoms with van der Waals surface area (Å²) in [5.41, 5.74) is 1.26. The van der Waals surface area contributed by atoms with Gasteiger partial charge >= 0.3 is 0 Å². The van der Waals surface area contributed by atoms with Gasteiger partial charge in [-0.2, -0.15) is 0 Å². The van der Waals surface area contributed by atoms with E-state index < -0.39 is 0 Å². The van der Waals surface area contributed by atoms with Crippen molar-refractivity contribution in [2.24, 2.45) is 46.3 Å². The highest BCUT2D eigenvalue weighted by molar-refractivity contribution is 7.96. The van der Waals surface area contributed by atoms with Gasteiger partial charge in [-0.25, -0.2) is 0 Å².